The molecule has 0 amide bonds. The molecule has 0 aromatic heterocycles. The van der Waals surface area contributed by atoms with Crippen LogP contribution in [-0.4, -0.2) is 17.4 Å². The largest absolute Gasteiger partial charge is 0.462 e. The lowest BCUT2D eigenvalue weighted by atomic mass is 10.0. The molecule has 0 aliphatic heterocycles. The molecule has 0 N–H and O–H groups in total. The monoisotopic (exact) mass is 564 g/mol. The van der Waals surface area contributed by atoms with Crippen LogP contribution in [0.25, 0.3) is 0 Å². The third-order valence-corrected chi connectivity index (χ3v) is 6.84. The van der Waals surface area contributed by atoms with Crippen molar-refractivity contribution in [3.63, 3.8) is 0 Å². The van der Waals surface area contributed by atoms with Crippen LogP contribution in [0.5, 0.6) is 0 Å². The van der Waals surface area contributed by atoms with E-state index in [0.717, 1.165) is 69.5 Å². The van der Waals surface area contributed by atoms with Crippen LogP contribution in [-0.2, 0) is 9.53 Å². The summed E-state index contributed by atoms with van der Waals surface area (Å²) in [7, 11) is 0. The molecule has 1 unspecified atom stereocenters. The fraction of sp³-hybridized carbons (Fsp3) is 0.727. The van der Waals surface area contributed by atoms with Crippen LogP contribution in [0.3, 0.4) is 0 Å². The molecule has 0 aliphatic rings. The second-order valence-electron chi connectivity index (χ2n) is 9.80. The fourth-order valence-corrected chi connectivity index (χ4v) is 4.46. The van der Waals surface area contributed by atoms with Crippen molar-refractivity contribution >= 4 is 21.9 Å². The number of esters is 1. The minimum Gasteiger partial charge on any atom is -0.462 e. The van der Waals surface area contributed by atoms with E-state index in [9.17, 15) is 4.79 Å². The summed E-state index contributed by atoms with van der Waals surface area (Å²) >= 11 is 3.44. The Bertz CT molecular complexity index is 576. The molecule has 0 heterocycles. The van der Waals surface area contributed by atoms with E-state index >= 15 is 0 Å². The summed E-state index contributed by atoms with van der Waals surface area (Å²) in [6.45, 7) is 4.43. The molecule has 0 rings (SSSR count). The number of rotatable bonds is 26. The number of carbonyl (C=O) groups excluding carboxylic acids is 1. The number of ether oxygens (including phenoxy) is 1. The Balaban J connectivity index is 4.00. The van der Waals surface area contributed by atoms with Crippen molar-refractivity contribution in [3.05, 3.63) is 48.6 Å². The van der Waals surface area contributed by atoms with E-state index in [-0.39, 0.29) is 12.1 Å². The van der Waals surface area contributed by atoms with Gasteiger partial charge in [-0.3, -0.25) is 4.79 Å². The summed E-state index contributed by atoms with van der Waals surface area (Å²) < 4.78 is 5.87. The summed E-state index contributed by atoms with van der Waals surface area (Å²) in [5.74, 6) is -0.00481. The molecule has 0 fully saturated rings. The quantitative estimate of drug-likeness (QED) is 0.0451. The highest BCUT2D eigenvalue weighted by Gasteiger charge is 2.14. The van der Waals surface area contributed by atoms with Gasteiger partial charge in [0.2, 0.25) is 0 Å². The predicted octanol–water partition coefficient (Wildman–Crippen LogP) is 11.4. The average molecular weight is 566 g/mol. The molecule has 208 valence electrons. The van der Waals surface area contributed by atoms with E-state index in [2.05, 4.69) is 78.4 Å². The van der Waals surface area contributed by atoms with Crippen LogP contribution in [0, 0.1) is 0 Å². The van der Waals surface area contributed by atoms with Crippen molar-refractivity contribution in [2.75, 3.05) is 5.33 Å². The first kappa shape index (κ1) is 34.9. The normalized spacial score (nSPS) is 13.1. The minimum atomic E-state index is -0.00481. The van der Waals surface area contributed by atoms with Gasteiger partial charge in [0.25, 0.3) is 0 Å². The Morgan fingerprint density at radius 1 is 0.639 bits per heavy atom. The maximum atomic E-state index is 12.2. The lowest BCUT2D eigenvalue weighted by Crippen LogP contribution is -2.18. The summed E-state index contributed by atoms with van der Waals surface area (Å²) in [5, 5.41) is 0.956. The van der Waals surface area contributed by atoms with Crippen molar-refractivity contribution in [1.82, 2.24) is 0 Å². The van der Waals surface area contributed by atoms with E-state index < -0.39 is 0 Å². The molecule has 0 spiro atoms. The zero-order chi connectivity index (χ0) is 26.4. The Morgan fingerprint density at radius 2 is 1.17 bits per heavy atom. The lowest BCUT2D eigenvalue weighted by Gasteiger charge is -2.18. The van der Waals surface area contributed by atoms with Gasteiger partial charge in [-0.05, 0) is 96.3 Å². The van der Waals surface area contributed by atoms with Crippen molar-refractivity contribution in [1.29, 1.82) is 0 Å². The summed E-state index contributed by atoms with van der Waals surface area (Å²) in [6, 6.07) is 0. The highest BCUT2D eigenvalue weighted by atomic mass is 79.9. The van der Waals surface area contributed by atoms with E-state index in [0.29, 0.717) is 6.42 Å². The zero-order valence-corrected chi connectivity index (χ0v) is 25.3. The Hall–Kier alpha value is -1.09. The van der Waals surface area contributed by atoms with Crippen LogP contribution in [0.15, 0.2) is 48.6 Å². The molecule has 3 heteroatoms. The molecule has 36 heavy (non-hydrogen) atoms. The summed E-state index contributed by atoms with van der Waals surface area (Å²) in [5.41, 5.74) is 0. The van der Waals surface area contributed by atoms with E-state index in [4.69, 9.17) is 4.74 Å². The average Bonchev–Trinajstić information content (AvgIpc) is 2.87. The van der Waals surface area contributed by atoms with Gasteiger partial charge >= 0.3 is 5.97 Å². The molecule has 0 radical (unpaired) electrons. The van der Waals surface area contributed by atoms with Crippen LogP contribution in [0.2, 0.25) is 0 Å². The molecule has 2 nitrogen and oxygen atoms in total. The Kier molecular flexibility index (Phi) is 29.2. The van der Waals surface area contributed by atoms with Gasteiger partial charge in [0.1, 0.15) is 6.10 Å². The molecule has 0 saturated heterocycles. The van der Waals surface area contributed by atoms with Gasteiger partial charge in [-0.25, -0.2) is 0 Å². The number of halogens is 1. The lowest BCUT2D eigenvalue weighted by molar-refractivity contribution is -0.150. The van der Waals surface area contributed by atoms with E-state index in [1.165, 1.54) is 57.8 Å². The number of hydrogen-bond acceptors (Lipinski definition) is 2. The van der Waals surface area contributed by atoms with Gasteiger partial charge in [0.15, 0.2) is 0 Å². The van der Waals surface area contributed by atoms with Gasteiger partial charge in [-0.15, -0.1) is 0 Å². The van der Waals surface area contributed by atoms with Crippen LogP contribution in [0.1, 0.15) is 142 Å². The third kappa shape index (κ3) is 27.5. The van der Waals surface area contributed by atoms with Crippen molar-refractivity contribution in [2.24, 2.45) is 0 Å². The van der Waals surface area contributed by atoms with Gasteiger partial charge in [-0.2, -0.15) is 0 Å². The predicted molar refractivity (Wildman–Crippen MR) is 164 cm³/mol. The third-order valence-electron chi connectivity index (χ3n) is 6.28. The van der Waals surface area contributed by atoms with Gasteiger partial charge in [-0.1, -0.05) is 104 Å². The zero-order valence-electron chi connectivity index (χ0n) is 23.7. The van der Waals surface area contributed by atoms with Crippen molar-refractivity contribution in [3.8, 4) is 0 Å². The van der Waals surface area contributed by atoms with Crippen LogP contribution in [0.4, 0.5) is 0 Å². The molecular formula is C33H57BrO2. The molecule has 0 bridgehead atoms. The molecule has 0 aliphatic carbocycles. The molecule has 0 aromatic rings. The van der Waals surface area contributed by atoms with E-state index in [1.807, 2.05) is 0 Å². The number of carbonyl (C=O) groups is 1. The van der Waals surface area contributed by atoms with Gasteiger partial charge in [0, 0.05) is 11.8 Å². The maximum Gasteiger partial charge on any atom is 0.306 e. The van der Waals surface area contributed by atoms with Crippen molar-refractivity contribution in [2.45, 2.75) is 148 Å². The standard InChI is InChI=1S/C33H57BrO2/c1-3-5-7-9-11-12-13-14-15-16-17-18-19-21-23-25-29-32(36-33(35)30-26-27-31-34)28-24-22-20-10-8-6-4-2/h6,8,11-12,14-15,17-18,32H,3-5,7,9-10,13,16,19-31H2,1-2H3. The SMILES string of the molecule is CCC=CCCCCCC(CCCCCC=CCC=CCC=CCCCCC)OC(=O)CCCCBr. The van der Waals surface area contributed by atoms with Crippen molar-refractivity contribution < 1.29 is 9.53 Å². The van der Waals surface area contributed by atoms with Gasteiger partial charge < -0.3 is 4.74 Å². The number of hydrogen-bond donors (Lipinski definition) is 0. The second kappa shape index (κ2) is 30.1. The maximum absolute atomic E-state index is 12.2. The minimum absolute atomic E-state index is 0.00481. The van der Waals surface area contributed by atoms with E-state index in [1.54, 1.807) is 0 Å². The topological polar surface area (TPSA) is 26.3 Å². The number of alkyl halides is 1. The molecule has 0 saturated carbocycles. The molecule has 1 atom stereocenters. The van der Waals surface area contributed by atoms with Crippen LogP contribution < -0.4 is 0 Å². The summed E-state index contributed by atoms with van der Waals surface area (Å²) in [4.78, 5) is 12.2. The van der Waals surface area contributed by atoms with Crippen LogP contribution >= 0.6 is 15.9 Å². The highest BCUT2D eigenvalue weighted by molar-refractivity contribution is 9.09. The number of unbranched alkanes of at least 4 members (excludes halogenated alkanes) is 10. The first-order chi connectivity index (χ1) is 17.7. The Labute approximate surface area is 233 Å². The highest BCUT2D eigenvalue weighted by Crippen LogP contribution is 2.17. The smallest absolute Gasteiger partial charge is 0.306 e. The summed E-state index contributed by atoms with van der Waals surface area (Å²) in [6.07, 6.45) is 40.8. The molecular weight excluding hydrogens is 508 g/mol. The number of allylic oxidation sites excluding steroid dienone is 8. The molecule has 0 aromatic carbocycles. The first-order valence-electron chi connectivity index (χ1n) is 15.1. The fourth-order valence-electron chi connectivity index (χ4n) is 4.07. The Morgan fingerprint density at radius 3 is 1.69 bits per heavy atom. The van der Waals surface area contributed by atoms with Gasteiger partial charge in [0.05, 0.1) is 0 Å². The second-order valence-corrected chi connectivity index (χ2v) is 10.6. The first-order valence-corrected chi connectivity index (χ1v) is 16.2.